The van der Waals surface area contributed by atoms with Crippen molar-refractivity contribution in [1.29, 1.82) is 0 Å². The first kappa shape index (κ1) is 18.0. The Bertz CT molecular complexity index is 851. The molecule has 0 bridgehead atoms. The maximum Gasteiger partial charge on any atom is 0.278 e. The molecule has 2 aromatic rings. The van der Waals surface area contributed by atoms with E-state index >= 15 is 0 Å². The summed E-state index contributed by atoms with van der Waals surface area (Å²) in [5.41, 5.74) is 3.21. The van der Waals surface area contributed by atoms with Crippen LogP contribution in [-0.2, 0) is 16.0 Å². The summed E-state index contributed by atoms with van der Waals surface area (Å²) < 4.78 is 0.937. The van der Waals surface area contributed by atoms with Gasteiger partial charge in [0.2, 0.25) is 5.91 Å². The van der Waals surface area contributed by atoms with E-state index in [1.807, 2.05) is 6.07 Å². The van der Waals surface area contributed by atoms with Crippen molar-refractivity contribution in [3.05, 3.63) is 35.5 Å². The third-order valence-corrected chi connectivity index (χ3v) is 5.99. The Hall–Kier alpha value is -2.34. The molecule has 2 aliphatic heterocycles. The predicted molar refractivity (Wildman–Crippen MR) is 104 cm³/mol. The van der Waals surface area contributed by atoms with Crippen LogP contribution < -0.4 is 10.3 Å². The minimum absolute atomic E-state index is 0.0785. The minimum atomic E-state index is -0.0785. The lowest BCUT2D eigenvalue weighted by molar-refractivity contribution is -0.912. The van der Waals surface area contributed by atoms with E-state index in [1.165, 1.54) is 18.4 Å². The number of benzene rings is 1. The minimum Gasteiger partial charge on any atom is -0.661 e. The molecular formula is C21H28N4O2. The first-order chi connectivity index (χ1) is 13.0. The SMILES string of the molecule is Cc1ccc2[n-]c(CCNC(=O)CN3CC[N+]4(CCCC4)CC3=O)cc2c1. The normalized spacial score (nSPS) is 19.1. The molecule has 0 saturated carbocycles. The number of hydrogen-bond donors (Lipinski definition) is 1. The molecule has 1 spiro atoms. The number of nitrogens with zero attached hydrogens (tertiary/aromatic N) is 3. The molecule has 2 aliphatic rings. The van der Waals surface area contributed by atoms with Crippen LogP contribution in [0.15, 0.2) is 24.3 Å². The number of quaternary nitrogens is 1. The second-order valence-electron chi connectivity index (χ2n) is 8.10. The highest BCUT2D eigenvalue weighted by Crippen LogP contribution is 2.22. The zero-order valence-electron chi connectivity index (χ0n) is 16.0. The number of carbonyl (C=O) groups is 2. The quantitative estimate of drug-likeness (QED) is 0.807. The van der Waals surface area contributed by atoms with Gasteiger partial charge in [-0.15, -0.1) is 5.52 Å². The third kappa shape index (κ3) is 4.00. The molecule has 144 valence electrons. The molecule has 2 saturated heterocycles. The number of piperazine rings is 1. The highest BCUT2D eigenvalue weighted by molar-refractivity contribution is 5.85. The average Bonchev–Trinajstić information content (AvgIpc) is 3.24. The zero-order chi connectivity index (χ0) is 18.9. The van der Waals surface area contributed by atoms with E-state index in [1.54, 1.807) is 4.90 Å². The van der Waals surface area contributed by atoms with Gasteiger partial charge in [-0.1, -0.05) is 29.8 Å². The standard InChI is InChI=1S/C21H28N4O2/c1-16-4-5-19-17(12-16)13-18(23-19)6-7-22-20(26)14-24-8-11-25(15-21(24)27)9-2-3-10-25/h4-5,12-13H,2-3,6-11,14-15H2,1H3,(H,22,26). The Morgan fingerprint density at radius 3 is 2.81 bits per heavy atom. The van der Waals surface area contributed by atoms with Crippen LogP contribution in [0.4, 0.5) is 0 Å². The Kier molecular flexibility index (Phi) is 4.91. The molecule has 6 heteroatoms. The maximum absolute atomic E-state index is 12.4. The van der Waals surface area contributed by atoms with Gasteiger partial charge < -0.3 is 19.7 Å². The molecule has 2 amide bonds. The van der Waals surface area contributed by atoms with Crippen molar-refractivity contribution in [2.45, 2.75) is 26.2 Å². The lowest BCUT2D eigenvalue weighted by Gasteiger charge is -2.41. The number of nitrogens with one attached hydrogen (secondary N) is 1. The van der Waals surface area contributed by atoms with Gasteiger partial charge in [0.05, 0.1) is 32.7 Å². The Labute approximate surface area is 160 Å². The van der Waals surface area contributed by atoms with Crippen LogP contribution in [-0.4, -0.2) is 67.0 Å². The molecular weight excluding hydrogens is 340 g/mol. The van der Waals surface area contributed by atoms with E-state index in [0.29, 0.717) is 26.1 Å². The summed E-state index contributed by atoms with van der Waals surface area (Å²) in [5, 5.41) is 4.09. The zero-order valence-corrected chi connectivity index (χ0v) is 16.0. The molecule has 0 unspecified atom stereocenters. The summed E-state index contributed by atoms with van der Waals surface area (Å²) in [4.78, 5) is 31.0. The van der Waals surface area contributed by atoms with Gasteiger partial charge in [-0.3, -0.25) is 9.59 Å². The van der Waals surface area contributed by atoms with E-state index in [2.05, 4.69) is 35.4 Å². The first-order valence-corrected chi connectivity index (χ1v) is 9.96. The number of amides is 2. The number of aromatic nitrogens is 1. The van der Waals surface area contributed by atoms with E-state index in [4.69, 9.17) is 0 Å². The first-order valence-electron chi connectivity index (χ1n) is 9.96. The van der Waals surface area contributed by atoms with Gasteiger partial charge in [0.15, 0.2) is 6.54 Å². The monoisotopic (exact) mass is 368 g/mol. The Balaban J connectivity index is 1.24. The van der Waals surface area contributed by atoms with E-state index in [9.17, 15) is 9.59 Å². The lowest BCUT2D eigenvalue weighted by atomic mass is 10.2. The van der Waals surface area contributed by atoms with Crippen molar-refractivity contribution in [2.24, 2.45) is 0 Å². The van der Waals surface area contributed by atoms with Gasteiger partial charge in [-0.25, -0.2) is 0 Å². The Morgan fingerprint density at radius 2 is 2.04 bits per heavy atom. The number of aryl methyl sites for hydroxylation is 1. The molecule has 3 heterocycles. The largest absolute Gasteiger partial charge is 0.661 e. The Morgan fingerprint density at radius 1 is 1.22 bits per heavy atom. The van der Waals surface area contributed by atoms with Crippen molar-refractivity contribution < 1.29 is 14.1 Å². The summed E-state index contributed by atoms with van der Waals surface area (Å²) in [6.07, 6.45) is 3.14. The summed E-state index contributed by atoms with van der Waals surface area (Å²) in [6, 6.07) is 8.30. The highest BCUT2D eigenvalue weighted by Gasteiger charge is 2.40. The molecule has 4 rings (SSSR count). The third-order valence-electron chi connectivity index (χ3n) is 5.99. The second-order valence-corrected chi connectivity index (χ2v) is 8.10. The molecule has 0 aliphatic carbocycles. The van der Waals surface area contributed by atoms with Gasteiger partial charge >= 0.3 is 0 Å². The van der Waals surface area contributed by atoms with Gasteiger partial charge in [-0.05, 0) is 18.7 Å². The van der Waals surface area contributed by atoms with Gasteiger partial charge in [0, 0.05) is 19.4 Å². The van der Waals surface area contributed by atoms with Gasteiger partial charge in [0.1, 0.15) is 0 Å². The van der Waals surface area contributed by atoms with Gasteiger partial charge in [0.25, 0.3) is 5.91 Å². The maximum atomic E-state index is 12.4. The molecule has 1 aromatic heterocycles. The van der Waals surface area contributed by atoms with E-state index in [0.717, 1.165) is 40.7 Å². The number of rotatable bonds is 5. The van der Waals surface area contributed by atoms with Crippen molar-refractivity contribution >= 4 is 22.7 Å². The smallest absolute Gasteiger partial charge is 0.278 e. The second kappa shape index (κ2) is 7.35. The van der Waals surface area contributed by atoms with Gasteiger partial charge in [-0.2, -0.15) is 5.69 Å². The fraction of sp³-hybridized carbons (Fsp3) is 0.524. The van der Waals surface area contributed by atoms with Crippen LogP contribution >= 0.6 is 0 Å². The van der Waals surface area contributed by atoms with Crippen molar-refractivity contribution in [1.82, 2.24) is 15.2 Å². The predicted octanol–water partition coefficient (Wildman–Crippen LogP) is 1.22. The fourth-order valence-corrected chi connectivity index (χ4v) is 4.42. The fourth-order valence-electron chi connectivity index (χ4n) is 4.42. The van der Waals surface area contributed by atoms with E-state index in [-0.39, 0.29) is 18.4 Å². The van der Waals surface area contributed by atoms with Crippen LogP contribution in [0, 0.1) is 6.92 Å². The molecule has 27 heavy (non-hydrogen) atoms. The molecule has 0 atom stereocenters. The van der Waals surface area contributed by atoms with Crippen LogP contribution in [0.5, 0.6) is 0 Å². The lowest BCUT2D eigenvalue weighted by Crippen LogP contribution is -2.61. The van der Waals surface area contributed by atoms with Crippen molar-refractivity contribution in [3.8, 4) is 0 Å². The number of fused-ring (bicyclic) bond motifs is 1. The molecule has 0 radical (unpaired) electrons. The summed E-state index contributed by atoms with van der Waals surface area (Å²) in [6.45, 7) is 7.28. The van der Waals surface area contributed by atoms with Crippen LogP contribution in [0.1, 0.15) is 24.1 Å². The summed E-state index contributed by atoms with van der Waals surface area (Å²) in [7, 11) is 0. The highest BCUT2D eigenvalue weighted by atomic mass is 16.2. The summed E-state index contributed by atoms with van der Waals surface area (Å²) >= 11 is 0. The van der Waals surface area contributed by atoms with Crippen LogP contribution in [0.25, 0.3) is 10.9 Å². The van der Waals surface area contributed by atoms with Crippen molar-refractivity contribution in [3.63, 3.8) is 0 Å². The molecule has 1 N–H and O–H groups in total. The summed E-state index contributed by atoms with van der Waals surface area (Å²) in [5.74, 6) is 0.0443. The molecule has 1 aromatic carbocycles. The molecule has 6 nitrogen and oxygen atoms in total. The number of hydrogen-bond acceptors (Lipinski definition) is 2. The van der Waals surface area contributed by atoms with E-state index < -0.39 is 0 Å². The van der Waals surface area contributed by atoms with Crippen LogP contribution in [0.2, 0.25) is 0 Å². The van der Waals surface area contributed by atoms with Crippen molar-refractivity contribution in [2.75, 3.05) is 45.8 Å². The van der Waals surface area contributed by atoms with Crippen LogP contribution in [0.3, 0.4) is 0 Å². The number of carbonyl (C=O) groups excluding carboxylic acids is 2. The average molecular weight is 368 g/mol. The molecule has 2 fully saturated rings. The topological polar surface area (TPSA) is 63.5 Å².